The van der Waals surface area contributed by atoms with Crippen LogP contribution in [0.25, 0.3) is 10.3 Å². The van der Waals surface area contributed by atoms with Gasteiger partial charge in [-0.2, -0.15) is 4.98 Å². The number of hydrogen-bond donors (Lipinski definition) is 0. The summed E-state index contributed by atoms with van der Waals surface area (Å²) >= 11 is 1.69. The van der Waals surface area contributed by atoms with Crippen molar-refractivity contribution in [3.63, 3.8) is 0 Å². The van der Waals surface area contributed by atoms with Crippen molar-refractivity contribution in [3.8, 4) is 0 Å². The van der Waals surface area contributed by atoms with Crippen LogP contribution in [0.4, 0.5) is 5.13 Å². The molecule has 2 fully saturated rings. The van der Waals surface area contributed by atoms with Crippen LogP contribution in [0.2, 0.25) is 0 Å². The zero-order chi connectivity index (χ0) is 18.2. The maximum absolute atomic E-state index is 12.9. The number of thiazole rings is 1. The van der Waals surface area contributed by atoms with E-state index in [9.17, 15) is 4.79 Å². The number of anilines is 1. The highest BCUT2D eigenvalue weighted by molar-refractivity contribution is 7.22. The first-order valence-corrected chi connectivity index (χ1v) is 10.7. The average molecular weight is 378 g/mol. The third kappa shape index (κ3) is 3.48. The lowest BCUT2D eigenvalue weighted by atomic mass is 10.0. The molecule has 0 N–H and O–H groups in total. The van der Waals surface area contributed by atoms with E-state index in [2.05, 4.69) is 28.1 Å². The molecule has 4 nitrogen and oxygen atoms in total. The van der Waals surface area contributed by atoms with Crippen molar-refractivity contribution < 1.29 is 4.79 Å². The zero-order valence-electron chi connectivity index (χ0n) is 15.3. The Hall–Kier alpha value is -2.27. The van der Waals surface area contributed by atoms with Gasteiger partial charge in [-0.05, 0) is 55.2 Å². The number of carbonyl (C=O) groups excluding carboxylic acids is 1. The average Bonchev–Trinajstić information content (AvgIpc) is 3.28. The lowest BCUT2D eigenvalue weighted by molar-refractivity contribution is -0.120. The van der Waals surface area contributed by atoms with Gasteiger partial charge < -0.3 is 4.90 Å². The molecule has 1 saturated heterocycles. The van der Waals surface area contributed by atoms with Gasteiger partial charge in [-0.1, -0.05) is 41.7 Å². The van der Waals surface area contributed by atoms with Crippen LogP contribution in [0.5, 0.6) is 0 Å². The smallest absolute Gasteiger partial charge is 0.188 e. The van der Waals surface area contributed by atoms with E-state index in [4.69, 9.17) is 4.98 Å². The SMILES string of the molecule is O=C(CCc1ccccc1)[C@H]1CCCN1c1nc2ncc(C3CC3)cc2s1. The summed E-state index contributed by atoms with van der Waals surface area (Å²) in [5.41, 5.74) is 3.39. The monoisotopic (exact) mass is 377 g/mol. The Morgan fingerprint density at radius 2 is 2.04 bits per heavy atom. The largest absolute Gasteiger partial charge is 0.338 e. The second-order valence-electron chi connectivity index (χ2n) is 7.66. The van der Waals surface area contributed by atoms with Gasteiger partial charge in [0.25, 0.3) is 0 Å². The molecule has 1 aromatic carbocycles. The van der Waals surface area contributed by atoms with E-state index >= 15 is 0 Å². The Balaban J connectivity index is 1.32. The number of ketones is 1. The van der Waals surface area contributed by atoms with Crippen LogP contribution < -0.4 is 4.90 Å². The van der Waals surface area contributed by atoms with E-state index in [1.54, 1.807) is 11.3 Å². The molecular weight excluding hydrogens is 354 g/mol. The molecule has 138 valence electrons. The Kier molecular flexibility index (Phi) is 4.40. The fourth-order valence-corrected chi connectivity index (χ4v) is 5.04. The highest BCUT2D eigenvalue weighted by atomic mass is 32.1. The number of hydrogen-bond acceptors (Lipinski definition) is 5. The van der Waals surface area contributed by atoms with E-state index < -0.39 is 0 Å². The summed E-state index contributed by atoms with van der Waals surface area (Å²) < 4.78 is 1.15. The summed E-state index contributed by atoms with van der Waals surface area (Å²) in [4.78, 5) is 24.4. The Bertz CT molecular complexity index is 964. The van der Waals surface area contributed by atoms with Crippen LogP contribution in [-0.4, -0.2) is 28.3 Å². The van der Waals surface area contributed by atoms with Crippen molar-refractivity contribution >= 4 is 32.6 Å². The Labute approximate surface area is 163 Å². The zero-order valence-corrected chi connectivity index (χ0v) is 16.1. The maximum atomic E-state index is 12.9. The molecule has 0 bridgehead atoms. The number of rotatable bonds is 6. The van der Waals surface area contributed by atoms with Gasteiger partial charge in [-0.25, -0.2) is 4.98 Å². The van der Waals surface area contributed by atoms with Crippen LogP contribution >= 0.6 is 11.3 Å². The number of benzene rings is 1. The second kappa shape index (κ2) is 7.04. The quantitative estimate of drug-likeness (QED) is 0.622. The van der Waals surface area contributed by atoms with Crippen molar-refractivity contribution in [1.29, 1.82) is 0 Å². The van der Waals surface area contributed by atoms with Crippen molar-refractivity contribution in [1.82, 2.24) is 9.97 Å². The van der Waals surface area contributed by atoms with Gasteiger partial charge in [0.1, 0.15) is 0 Å². The predicted octanol–water partition coefficient (Wildman–Crippen LogP) is 4.74. The van der Waals surface area contributed by atoms with Gasteiger partial charge in [-0.3, -0.25) is 4.79 Å². The molecule has 0 unspecified atom stereocenters. The van der Waals surface area contributed by atoms with Crippen LogP contribution in [0, 0.1) is 0 Å². The van der Waals surface area contributed by atoms with Gasteiger partial charge in [0.05, 0.1) is 10.7 Å². The predicted molar refractivity (Wildman–Crippen MR) is 110 cm³/mol. The van der Waals surface area contributed by atoms with Gasteiger partial charge >= 0.3 is 0 Å². The number of carbonyl (C=O) groups is 1. The lowest BCUT2D eigenvalue weighted by Gasteiger charge is -2.22. The van der Waals surface area contributed by atoms with Crippen molar-refractivity contribution in [3.05, 3.63) is 53.7 Å². The van der Waals surface area contributed by atoms with Gasteiger partial charge in [0, 0.05) is 19.2 Å². The Morgan fingerprint density at radius 3 is 2.85 bits per heavy atom. The molecule has 2 aliphatic rings. The summed E-state index contributed by atoms with van der Waals surface area (Å²) in [5, 5.41) is 0.959. The van der Waals surface area contributed by atoms with Gasteiger partial charge in [0.15, 0.2) is 16.6 Å². The highest BCUT2D eigenvalue weighted by Crippen LogP contribution is 2.42. The number of fused-ring (bicyclic) bond motifs is 1. The van der Waals surface area contributed by atoms with Crippen LogP contribution in [0.15, 0.2) is 42.6 Å². The first-order chi connectivity index (χ1) is 13.3. The lowest BCUT2D eigenvalue weighted by Crippen LogP contribution is -2.36. The molecule has 1 saturated carbocycles. The normalized spacial score (nSPS) is 19.7. The minimum atomic E-state index is -0.0304. The third-order valence-electron chi connectivity index (χ3n) is 5.68. The first-order valence-electron chi connectivity index (χ1n) is 9.88. The summed E-state index contributed by atoms with van der Waals surface area (Å²) in [6.07, 6.45) is 7.95. The van der Waals surface area contributed by atoms with Crippen LogP contribution in [0.3, 0.4) is 0 Å². The molecule has 0 amide bonds. The minimum absolute atomic E-state index is 0.0304. The summed E-state index contributed by atoms with van der Waals surface area (Å²) in [6, 6.07) is 12.5. The third-order valence-corrected chi connectivity index (χ3v) is 6.71. The summed E-state index contributed by atoms with van der Waals surface area (Å²) in [7, 11) is 0. The molecule has 5 heteroatoms. The summed E-state index contributed by atoms with van der Waals surface area (Å²) in [5.74, 6) is 1.04. The molecule has 1 aliphatic carbocycles. The molecule has 5 rings (SSSR count). The van der Waals surface area contributed by atoms with E-state index in [0.717, 1.165) is 41.3 Å². The fraction of sp³-hybridized carbons (Fsp3) is 0.409. The number of nitrogens with zero attached hydrogens (tertiary/aromatic N) is 3. The number of aromatic nitrogens is 2. The number of aryl methyl sites for hydroxylation is 1. The molecule has 0 radical (unpaired) electrons. The number of Topliss-reactive ketones (excluding diaryl/α,β-unsaturated/α-hetero) is 1. The van der Waals surface area contributed by atoms with Crippen molar-refractivity contribution in [2.24, 2.45) is 0 Å². The fourth-order valence-electron chi connectivity index (χ4n) is 4.00. The minimum Gasteiger partial charge on any atom is -0.338 e. The molecule has 2 aromatic heterocycles. The van der Waals surface area contributed by atoms with Crippen molar-refractivity contribution in [2.75, 3.05) is 11.4 Å². The topological polar surface area (TPSA) is 46.1 Å². The van der Waals surface area contributed by atoms with E-state index in [0.29, 0.717) is 18.1 Å². The van der Waals surface area contributed by atoms with E-state index in [1.165, 1.54) is 24.0 Å². The maximum Gasteiger partial charge on any atom is 0.188 e. The van der Waals surface area contributed by atoms with Gasteiger partial charge in [-0.15, -0.1) is 0 Å². The first kappa shape index (κ1) is 16.9. The Morgan fingerprint density at radius 1 is 1.19 bits per heavy atom. The van der Waals surface area contributed by atoms with Gasteiger partial charge in [0.2, 0.25) is 0 Å². The van der Waals surface area contributed by atoms with Crippen LogP contribution in [0.1, 0.15) is 49.1 Å². The second-order valence-corrected chi connectivity index (χ2v) is 8.67. The molecule has 3 aromatic rings. The van der Waals surface area contributed by atoms with Crippen LogP contribution in [-0.2, 0) is 11.2 Å². The molecule has 0 spiro atoms. The number of pyridine rings is 1. The van der Waals surface area contributed by atoms with Crippen molar-refractivity contribution in [2.45, 2.75) is 50.5 Å². The van der Waals surface area contributed by atoms with E-state index in [1.807, 2.05) is 24.4 Å². The molecule has 1 atom stereocenters. The standard InChI is InChI=1S/C22H23N3OS/c26-19(11-8-15-5-2-1-3-6-15)18-7-4-12-25(18)22-24-21-20(27-22)13-17(14-23-21)16-9-10-16/h1-3,5-6,13-14,16,18H,4,7-12H2/t18-/m1/s1. The molecule has 27 heavy (non-hydrogen) atoms. The molecular formula is C22H23N3OS. The highest BCUT2D eigenvalue weighted by Gasteiger charge is 2.32. The molecule has 3 heterocycles. The van der Waals surface area contributed by atoms with E-state index in [-0.39, 0.29) is 6.04 Å². The molecule has 1 aliphatic heterocycles. The summed E-state index contributed by atoms with van der Waals surface area (Å²) in [6.45, 7) is 0.914.